The number of ether oxygens (including phenoxy) is 1. The van der Waals surface area contributed by atoms with Gasteiger partial charge in [-0.2, -0.15) is 0 Å². The topological polar surface area (TPSA) is 31.8 Å². The molecule has 5 nitrogen and oxygen atoms in total. The molecule has 0 N–H and O–H groups in total. The maximum Gasteiger partial charge on any atom is 0.0702 e. The van der Waals surface area contributed by atoms with Gasteiger partial charge in [0, 0.05) is 63.6 Å². The van der Waals surface area contributed by atoms with Crippen molar-refractivity contribution in [3.05, 3.63) is 53.7 Å². The third-order valence-corrected chi connectivity index (χ3v) is 6.11. The largest absolute Gasteiger partial charge is 0.379 e. The number of pyridine rings is 1. The second-order valence-electron chi connectivity index (χ2n) is 8.08. The van der Waals surface area contributed by atoms with Gasteiger partial charge in [0.15, 0.2) is 0 Å². The summed E-state index contributed by atoms with van der Waals surface area (Å²) in [5.74, 6) is 0. The van der Waals surface area contributed by atoms with Crippen molar-refractivity contribution >= 4 is 0 Å². The van der Waals surface area contributed by atoms with Crippen LogP contribution in [0, 0.1) is 0 Å². The first-order valence-electron chi connectivity index (χ1n) is 10.5. The van der Waals surface area contributed by atoms with Crippen LogP contribution in [0.3, 0.4) is 0 Å². The van der Waals surface area contributed by atoms with Gasteiger partial charge in [-0.05, 0) is 31.2 Å². The Kier molecular flexibility index (Phi) is 6.37. The lowest BCUT2D eigenvalue weighted by Crippen LogP contribution is -2.43. The lowest BCUT2D eigenvalue weighted by molar-refractivity contribution is 0.0198. The van der Waals surface area contributed by atoms with Gasteiger partial charge in [-0.15, -0.1) is 0 Å². The molecule has 1 atom stereocenters. The summed E-state index contributed by atoms with van der Waals surface area (Å²) in [5.41, 5.74) is 4.89. The first kappa shape index (κ1) is 19.5. The van der Waals surface area contributed by atoms with E-state index in [1.807, 2.05) is 6.20 Å². The lowest BCUT2D eigenvalue weighted by atomic mass is 10.0. The van der Waals surface area contributed by atoms with Crippen molar-refractivity contribution in [2.75, 3.05) is 59.5 Å². The van der Waals surface area contributed by atoms with Crippen LogP contribution in [-0.4, -0.2) is 79.2 Å². The van der Waals surface area contributed by atoms with E-state index in [2.05, 4.69) is 65.1 Å². The number of aromatic nitrogens is 1. The van der Waals surface area contributed by atoms with Crippen LogP contribution >= 0.6 is 0 Å². The Bertz CT molecular complexity index is 732. The van der Waals surface area contributed by atoms with Crippen molar-refractivity contribution in [3.8, 4) is 11.3 Å². The molecular weight excluding hydrogens is 348 g/mol. The zero-order valence-corrected chi connectivity index (χ0v) is 17.2. The summed E-state index contributed by atoms with van der Waals surface area (Å²) in [4.78, 5) is 12.1. The molecular formula is C23H32N4O. The van der Waals surface area contributed by atoms with Crippen LogP contribution in [0.25, 0.3) is 11.3 Å². The Morgan fingerprint density at radius 1 is 0.929 bits per heavy atom. The fraction of sp³-hybridized carbons (Fsp3) is 0.522. The number of hydrogen-bond donors (Lipinski definition) is 0. The molecule has 1 aromatic carbocycles. The fourth-order valence-corrected chi connectivity index (χ4v) is 4.06. The normalized spacial score (nSPS) is 20.9. The van der Waals surface area contributed by atoms with E-state index in [0.717, 1.165) is 64.7 Å². The smallest absolute Gasteiger partial charge is 0.0702 e. The molecule has 0 unspecified atom stereocenters. The molecule has 0 radical (unpaired) electrons. The highest BCUT2D eigenvalue weighted by molar-refractivity contribution is 5.59. The molecule has 2 aromatic rings. The maximum atomic E-state index is 5.47. The highest BCUT2D eigenvalue weighted by atomic mass is 16.5. The van der Waals surface area contributed by atoms with Crippen molar-refractivity contribution < 1.29 is 4.74 Å². The summed E-state index contributed by atoms with van der Waals surface area (Å²) in [5, 5.41) is 0. The molecule has 2 aliphatic rings. The minimum Gasteiger partial charge on any atom is -0.379 e. The Morgan fingerprint density at radius 2 is 1.64 bits per heavy atom. The van der Waals surface area contributed by atoms with Gasteiger partial charge in [0.25, 0.3) is 0 Å². The Hall–Kier alpha value is -1.79. The minimum atomic E-state index is 0.428. The van der Waals surface area contributed by atoms with Crippen LogP contribution in [0.4, 0.5) is 0 Å². The van der Waals surface area contributed by atoms with Gasteiger partial charge in [0.1, 0.15) is 0 Å². The van der Waals surface area contributed by atoms with E-state index in [1.54, 1.807) is 0 Å². The second kappa shape index (κ2) is 9.14. The van der Waals surface area contributed by atoms with Gasteiger partial charge in [0.2, 0.25) is 0 Å². The molecule has 0 aliphatic carbocycles. The van der Waals surface area contributed by atoms with Crippen LogP contribution in [0.1, 0.15) is 24.1 Å². The third kappa shape index (κ3) is 4.78. The van der Waals surface area contributed by atoms with E-state index in [-0.39, 0.29) is 0 Å². The average molecular weight is 381 g/mol. The maximum absolute atomic E-state index is 5.47. The van der Waals surface area contributed by atoms with E-state index >= 15 is 0 Å². The second-order valence-corrected chi connectivity index (χ2v) is 8.08. The molecule has 2 aliphatic heterocycles. The number of morpholine rings is 1. The van der Waals surface area contributed by atoms with Crippen molar-refractivity contribution in [1.82, 2.24) is 19.7 Å². The summed E-state index contributed by atoms with van der Waals surface area (Å²) >= 11 is 0. The highest BCUT2D eigenvalue weighted by Gasteiger charge is 2.18. The summed E-state index contributed by atoms with van der Waals surface area (Å²) in [6.45, 7) is 11.6. The molecule has 0 spiro atoms. The highest BCUT2D eigenvalue weighted by Crippen LogP contribution is 2.24. The number of rotatable bonds is 5. The number of likely N-dealkylation sites (N-methyl/N-ethyl adjacent to an activating group) is 1. The number of piperazine rings is 1. The summed E-state index contributed by atoms with van der Waals surface area (Å²) in [6, 6.07) is 13.7. The summed E-state index contributed by atoms with van der Waals surface area (Å²) < 4.78 is 5.47. The molecule has 28 heavy (non-hydrogen) atoms. The Balaban J connectivity index is 1.37. The van der Waals surface area contributed by atoms with Gasteiger partial charge in [-0.25, -0.2) is 0 Å². The standard InChI is InChI=1S/C23H32N4O/c1-19(27-13-15-28-16-14-27)21-4-6-22(7-5-21)23-8-3-20(17-24-23)18-26-11-9-25(2)10-12-26/h3-8,17,19H,9-16,18H2,1-2H3/t19-/m0/s1. The van der Waals surface area contributed by atoms with Crippen LogP contribution in [0.2, 0.25) is 0 Å². The van der Waals surface area contributed by atoms with Crippen molar-refractivity contribution in [2.24, 2.45) is 0 Å². The number of nitrogens with zero attached hydrogens (tertiary/aromatic N) is 4. The summed E-state index contributed by atoms with van der Waals surface area (Å²) in [7, 11) is 2.20. The van der Waals surface area contributed by atoms with Crippen LogP contribution in [-0.2, 0) is 11.3 Å². The van der Waals surface area contributed by atoms with Gasteiger partial charge < -0.3 is 9.64 Å². The molecule has 4 rings (SSSR count). The van der Waals surface area contributed by atoms with Gasteiger partial charge in [0.05, 0.1) is 18.9 Å². The number of benzene rings is 1. The van der Waals surface area contributed by atoms with Gasteiger partial charge in [-0.1, -0.05) is 30.3 Å². The van der Waals surface area contributed by atoms with E-state index in [0.29, 0.717) is 6.04 Å². The van der Waals surface area contributed by atoms with Crippen LogP contribution < -0.4 is 0 Å². The first-order chi connectivity index (χ1) is 13.7. The van der Waals surface area contributed by atoms with Gasteiger partial charge in [-0.3, -0.25) is 14.8 Å². The predicted molar refractivity (Wildman–Crippen MR) is 113 cm³/mol. The van der Waals surface area contributed by atoms with E-state index in [4.69, 9.17) is 9.72 Å². The Labute approximate surface area is 168 Å². The molecule has 3 heterocycles. The fourth-order valence-electron chi connectivity index (χ4n) is 4.06. The van der Waals surface area contributed by atoms with Crippen molar-refractivity contribution in [3.63, 3.8) is 0 Å². The quantitative estimate of drug-likeness (QED) is 0.796. The van der Waals surface area contributed by atoms with Crippen molar-refractivity contribution in [1.29, 1.82) is 0 Å². The first-order valence-corrected chi connectivity index (χ1v) is 10.5. The molecule has 0 bridgehead atoms. The minimum absolute atomic E-state index is 0.428. The van der Waals surface area contributed by atoms with E-state index < -0.39 is 0 Å². The zero-order chi connectivity index (χ0) is 19.3. The van der Waals surface area contributed by atoms with Crippen LogP contribution in [0.5, 0.6) is 0 Å². The van der Waals surface area contributed by atoms with Crippen molar-refractivity contribution in [2.45, 2.75) is 19.5 Å². The van der Waals surface area contributed by atoms with Crippen LogP contribution in [0.15, 0.2) is 42.6 Å². The molecule has 2 saturated heterocycles. The van der Waals surface area contributed by atoms with Gasteiger partial charge >= 0.3 is 0 Å². The monoisotopic (exact) mass is 380 g/mol. The molecule has 1 aromatic heterocycles. The third-order valence-electron chi connectivity index (χ3n) is 6.11. The van der Waals surface area contributed by atoms with E-state index in [1.165, 1.54) is 16.7 Å². The zero-order valence-electron chi connectivity index (χ0n) is 17.2. The number of hydrogen-bond acceptors (Lipinski definition) is 5. The molecule has 0 amide bonds. The molecule has 5 heteroatoms. The van der Waals surface area contributed by atoms with E-state index in [9.17, 15) is 0 Å². The average Bonchev–Trinajstić information content (AvgIpc) is 2.76. The predicted octanol–water partition coefficient (Wildman–Crippen LogP) is 2.89. The molecule has 150 valence electrons. The SMILES string of the molecule is C[C@@H](c1ccc(-c2ccc(CN3CCN(C)CC3)cn2)cc1)N1CCOCC1. The summed E-state index contributed by atoms with van der Waals surface area (Å²) in [6.07, 6.45) is 2.04. The molecule has 2 fully saturated rings. The Morgan fingerprint density at radius 3 is 2.29 bits per heavy atom. The molecule has 0 saturated carbocycles. The lowest BCUT2D eigenvalue weighted by Gasteiger charge is -2.32.